The molecule has 0 spiro atoms. The predicted molar refractivity (Wildman–Crippen MR) is 74.1 cm³/mol. The molecule has 104 valence electrons. The molecule has 1 aliphatic rings. The summed E-state index contributed by atoms with van der Waals surface area (Å²) in [5.41, 5.74) is 6.06. The number of halogens is 1. The summed E-state index contributed by atoms with van der Waals surface area (Å²) in [6.45, 7) is 2.26. The molecule has 0 aromatic heterocycles. The lowest BCUT2D eigenvalue weighted by molar-refractivity contribution is -0.126. The summed E-state index contributed by atoms with van der Waals surface area (Å²) in [6.07, 6.45) is 5.07. The van der Waals surface area contributed by atoms with E-state index in [-0.39, 0.29) is 17.0 Å². The first kappa shape index (κ1) is 14.0. The van der Waals surface area contributed by atoms with Crippen LogP contribution in [0.25, 0.3) is 0 Å². The van der Waals surface area contributed by atoms with Crippen molar-refractivity contribution in [2.75, 3.05) is 5.32 Å². The second-order valence-corrected chi connectivity index (χ2v) is 5.59. The minimum atomic E-state index is -0.421. The minimum absolute atomic E-state index is 0.0772. The summed E-state index contributed by atoms with van der Waals surface area (Å²) >= 11 is 0. The monoisotopic (exact) mass is 264 g/mol. The van der Waals surface area contributed by atoms with Gasteiger partial charge in [-0.15, -0.1) is 0 Å². The average molecular weight is 264 g/mol. The van der Waals surface area contributed by atoms with Crippen molar-refractivity contribution >= 4 is 11.6 Å². The van der Waals surface area contributed by atoms with Crippen LogP contribution in [0.3, 0.4) is 0 Å². The van der Waals surface area contributed by atoms with Gasteiger partial charge in [0.2, 0.25) is 5.91 Å². The number of carbonyl (C=O) groups excluding carboxylic acids is 1. The number of hydrogen-bond acceptors (Lipinski definition) is 2. The molecule has 1 saturated carbocycles. The lowest BCUT2D eigenvalue weighted by Crippen LogP contribution is -2.35. The first-order valence-corrected chi connectivity index (χ1v) is 6.85. The summed E-state index contributed by atoms with van der Waals surface area (Å²) in [5, 5.41) is 2.72. The van der Waals surface area contributed by atoms with Crippen molar-refractivity contribution in [1.82, 2.24) is 0 Å². The molecule has 0 unspecified atom stereocenters. The van der Waals surface area contributed by atoms with Crippen LogP contribution in [0.5, 0.6) is 0 Å². The van der Waals surface area contributed by atoms with Crippen molar-refractivity contribution in [2.24, 2.45) is 11.1 Å². The molecule has 0 bridgehead atoms. The summed E-state index contributed by atoms with van der Waals surface area (Å²) in [4.78, 5) is 12.3. The third kappa shape index (κ3) is 3.13. The number of hydrogen-bond donors (Lipinski definition) is 2. The fourth-order valence-corrected chi connectivity index (χ4v) is 2.62. The predicted octanol–water partition coefficient (Wildman–Crippen LogP) is 3.19. The molecule has 0 saturated heterocycles. The zero-order valence-corrected chi connectivity index (χ0v) is 11.3. The van der Waals surface area contributed by atoms with E-state index in [0.717, 1.165) is 31.2 Å². The Bertz CT molecular complexity index is 467. The summed E-state index contributed by atoms with van der Waals surface area (Å²) < 4.78 is 13.8. The summed E-state index contributed by atoms with van der Waals surface area (Å²) in [6, 6.07) is 4.70. The van der Waals surface area contributed by atoms with Gasteiger partial charge in [0.15, 0.2) is 0 Å². The van der Waals surface area contributed by atoms with Gasteiger partial charge in [-0.05, 0) is 30.5 Å². The largest absolute Gasteiger partial charge is 0.326 e. The third-order valence-corrected chi connectivity index (χ3v) is 4.02. The average Bonchev–Trinajstić information content (AvgIpc) is 2.41. The van der Waals surface area contributed by atoms with Gasteiger partial charge < -0.3 is 11.1 Å². The molecule has 0 heterocycles. The smallest absolute Gasteiger partial charge is 0.230 e. The van der Waals surface area contributed by atoms with Gasteiger partial charge in [0.05, 0.1) is 5.69 Å². The van der Waals surface area contributed by atoms with E-state index in [4.69, 9.17) is 5.73 Å². The maximum atomic E-state index is 13.8. The topological polar surface area (TPSA) is 55.1 Å². The van der Waals surface area contributed by atoms with Gasteiger partial charge in [-0.2, -0.15) is 0 Å². The zero-order valence-electron chi connectivity index (χ0n) is 11.3. The van der Waals surface area contributed by atoms with Gasteiger partial charge in [-0.3, -0.25) is 4.79 Å². The molecule has 4 heteroatoms. The van der Waals surface area contributed by atoms with Crippen molar-refractivity contribution in [2.45, 2.75) is 45.6 Å². The van der Waals surface area contributed by atoms with Crippen LogP contribution in [-0.2, 0) is 11.3 Å². The Morgan fingerprint density at radius 2 is 2.05 bits per heavy atom. The highest BCUT2D eigenvalue weighted by Gasteiger charge is 2.34. The number of anilines is 1. The first-order valence-electron chi connectivity index (χ1n) is 6.85. The van der Waals surface area contributed by atoms with Gasteiger partial charge in [0.25, 0.3) is 0 Å². The quantitative estimate of drug-likeness (QED) is 0.881. The lowest BCUT2D eigenvalue weighted by atomic mass is 9.75. The number of benzene rings is 1. The highest BCUT2D eigenvalue weighted by molar-refractivity contribution is 5.95. The van der Waals surface area contributed by atoms with E-state index < -0.39 is 5.82 Å². The number of amides is 1. The molecule has 3 N–H and O–H groups in total. The standard InChI is InChI=1S/C15H21FN2O/c1-15(7-3-2-4-8-15)14(19)18-13-6-5-11(10-17)9-12(13)16/h5-6,9H,2-4,7-8,10,17H2,1H3,(H,18,19). The molecule has 0 atom stereocenters. The number of nitrogens with one attached hydrogen (secondary N) is 1. The van der Waals surface area contributed by atoms with Crippen molar-refractivity contribution in [3.8, 4) is 0 Å². The Morgan fingerprint density at radius 1 is 1.37 bits per heavy atom. The molecule has 1 aromatic rings. The van der Waals surface area contributed by atoms with Crippen molar-refractivity contribution in [3.05, 3.63) is 29.6 Å². The summed E-state index contributed by atoms with van der Waals surface area (Å²) in [7, 11) is 0. The normalized spacial score (nSPS) is 18.1. The molecule has 19 heavy (non-hydrogen) atoms. The van der Waals surface area contributed by atoms with Gasteiger partial charge in [-0.1, -0.05) is 32.3 Å². The van der Waals surface area contributed by atoms with E-state index in [1.54, 1.807) is 12.1 Å². The Morgan fingerprint density at radius 3 is 2.63 bits per heavy atom. The molecule has 0 radical (unpaired) electrons. The van der Waals surface area contributed by atoms with Crippen molar-refractivity contribution in [1.29, 1.82) is 0 Å². The van der Waals surface area contributed by atoms with Crippen LogP contribution in [0.4, 0.5) is 10.1 Å². The molecule has 0 aliphatic heterocycles. The Balaban J connectivity index is 2.10. The number of rotatable bonds is 3. The Kier molecular flexibility index (Phi) is 4.20. The van der Waals surface area contributed by atoms with Crippen LogP contribution in [0, 0.1) is 11.2 Å². The second-order valence-electron chi connectivity index (χ2n) is 5.59. The van der Waals surface area contributed by atoms with E-state index in [2.05, 4.69) is 5.32 Å². The maximum absolute atomic E-state index is 13.8. The molecule has 3 nitrogen and oxygen atoms in total. The molecule has 1 fully saturated rings. The van der Waals surface area contributed by atoms with E-state index in [0.29, 0.717) is 6.54 Å². The van der Waals surface area contributed by atoms with Crippen LogP contribution < -0.4 is 11.1 Å². The number of carbonyl (C=O) groups is 1. The van der Waals surface area contributed by atoms with Gasteiger partial charge in [0.1, 0.15) is 5.82 Å². The highest BCUT2D eigenvalue weighted by Crippen LogP contribution is 2.36. The molecule has 1 amide bonds. The van der Waals surface area contributed by atoms with E-state index >= 15 is 0 Å². The van der Waals surface area contributed by atoms with Crippen LogP contribution in [-0.4, -0.2) is 5.91 Å². The van der Waals surface area contributed by atoms with Crippen molar-refractivity contribution < 1.29 is 9.18 Å². The van der Waals surface area contributed by atoms with E-state index in [9.17, 15) is 9.18 Å². The lowest BCUT2D eigenvalue weighted by Gasteiger charge is -2.32. The molecule has 1 aromatic carbocycles. The Hall–Kier alpha value is -1.42. The fourth-order valence-electron chi connectivity index (χ4n) is 2.62. The summed E-state index contributed by atoms with van der Waals surface area (Å²) in [5.74, 6) is -0.498. The minimum Gasteiger partial charge on any atom is -0.326 e. The van der Waals surface area contributed by atoms with E-state index in [1.165, 1.54) is 12.5 Å². The zero-order chi connectivity index (χ0) is 13.9. The molecular formula is C15H21FN2O. The SMILES string of the molecule is CC1(C(=O)Nc2ccc(CN)cc2F)CCCCC1. The maximum Gasteiger partial charge on any atom is 0.230 e. The van der Waals surface area contributed by atoms with Gasteiger partial charge >= 0.3 is 0 Å². The van der Waals surface area contributed by atoms with Crippen LogP contribution >= 0.6 is 0 Å². The van der Waals surface area contributed by atoms with Crippen LogP contribution in [0.1, 0.15) is 44.6 Å². The molecule has 2 rings (SSSR count). The molecular weight excluding hydrogens is 243 g/mol. The second kappa shape index (κ2) is 5.70. The van der Waals surface area contributed by atoms with Gasteiger partial charge in [0, 0.05) is 12.0 Å². The van der Waals surface area contributed by atoms with Crippen molar-refractivity contribution in [3.63, 3.8) is 0 Å². The van der Waals surface area contributed by atoms with E-state index in [1.807, 2.05) is 6.92 Å². The first-order chi connectivity index (χ1) is 9.05. The molecule has 1 aliphatic carbocycles. The number of nitrogens with two attached hydrogens (primary N) is 1. The van der Waals surface area contributed by atoms with Gasteiger partial charge in [-0.25, -0.2) is 4.39 Å². The van der Waals surface area contributed by atoms with Crippen LogP contribution in [0.2, 0.25) is 0 Å². The highest BCUT2D eigenvalue weighted by atomic mass is 19.1. The third-order valence-electron chi connectivity index (χ3n) is 4.02. The Labute approximate surface area is 113 Å². The van der Waals surface area contributed by atoms with Crippen LogP contribution in [0.15, 0.2) is 18.2 Å². The fraction of sp³-hybridized carbons (Fsp3) is 0.533.